The van der Waals surface area contributed by atoms with Crippen LogP contribution in [-0.2, 0) is 18.4 Å². The number of hydrogen-bond donors (Lipinski definition) is 2. The predicted molar refractivity (Wildman–Crippen MR) is 114 cm³/mol. The molecule has 7 nitrogen and oxygen atoms in total. The van der Waals surface area contributed by atoms with Gasteiger partial charge in [0.15, 0.2) is 11.0 Å². The molecule has 156 valence electrons. The van der Waals surface area contributed by atoms with Gasteiger partial charge in [-0.2, -0.15) is 0 Å². The molecule has 1 aliphatic carbocycles. The first kappa shape index (κ1) is 21.9. The fourth-order valence-electron chi connectivity index (χ4n) is 3.17. The quantitative estimate of drug-likeness (QED) is 0.622. The molecule has 0 aliphatic heterocycles. The second-order valence-corrected chi connectivity index (χ2v) is 8.72. The van der Waals surface area contributed by atoms with Gasteiger partial charge in [0.1, 0.15) is 0 Å². The number of carbonyl (C=O) groups is 2. The minimum atomic E-state index is -0.285. The topological polar surface area (TPSA) is 88.9 Å². The lowest BCUT2D eigenvalue weighted by Gasteiger charge is -2.22. The number of halogens is 2. The van der Waals surface area contributed by atoms with Gasteiger partial charge in [0, 0.05) is 18.7 Å². The highest BCUT2D eigenvalue weighted by Gasteiger charge is 2.17. The molecule has 0 unspecified atom stereocenters. The van der Waals surface area contributed by atoms with Gasteiger partial charge in [-0.25, -0.2) is 0 Å². The van der Waals surface area contributed by atoms with Crippen LogP contribution in [-0.4, -0.2) is 38.4 Å². The van der Waals surface area contributed by atoms with Gasteiger partial charge in [-0.05, 0) is 31.0 Å². The smallest absolute Gasteiger partial charge is 0.251 e. The monoisotopic (exact) mass is 455 g/mol. The Labute approximate surface area is 183 Å². The molecule has 0 spiro atoms. The summed E-state index contributed by atoms with van der Waals surface area (Å²) in [5.41, 5.74) is 0.413. The Hall–Kier alpha value is -1.77. The summed E-state index contributed by atoms with van der Waals surface area (Å²) in [6.07, 6.45) is 5.73. The van der Waals surface area contributed by atoms with Crippen LogP contribution in [0.1, 0.15) is 48.3 Å². The number of amides is 2. The number of thioether (sulfide) groups is 1. The number of rotatable bonds is 7. The molecule has 1 heterocycles. The van der Waals surface area contributed by atoms with Crippen LogP contribution >= 0.6 is 35.0 Å². The van der Waals surface area contributed by atoms with Crippen LogP contribution in [0, 0.1) is 0 Å². The Morgan fingerprint density at radius 3 is 2.66 bits per heavy atom. The van der Waals surface area contributed by atoms with E-state index in [4.69, 9.17) is 23.2 Å². The second-order valence-electron chi connectivity index (χ2n) is 6.96. The van der Waals surface area contributed by atoms with Crippen molar-refractivity contribution in [3.63, 3.8) is 0 Å². The molecule has 0 saturated heterocycles. The van der Waals surface area contributed by atoms with E-state index in [-0.39, 0.29) is 24.1 Å². The number of carbonyl (C=O) groups excluding carboxylic acids is 2. The Balaban J connectivity index is 1.49. The molecule has 0 radical (unpaired) electrons. The van der Waals surface area contributed by atoms with Crippen LogP contribution in [0.15, 0.2) is 23.4 Å². The summed E-state index contributed by atoms with van der Waals surface area (Å²) in [5.74, 6) is 0.610. The van der Waals surface area contributed by atoms with Crippen LogP contribution in [0.3, 0.4) is 0 Å². The summed E-state index contributed by atoms with van der Waals surface area (Å²) in [6, 6.07) is 4.99. The third kappa shape index (κ3) is 6.10. The molecule has 2 aromatic rings. The minimum Gasteiger partial charge on any atom is -0.353 e. The highest BCUT2D eigenvalue weighted by atomic mass is 35.5. The fraction of sp³-hybridized carbons (Fsp3) is 0.474. The highest BCUT2D eigenvalue weighted by Crippen LogP contribution is 2.23. The maximum Gasteiger partial charge on any atom is 0.251 e. The number of nitrogens with zero attached hydrogens (tertiary/aromatic N) is 3. The minimum absolute atomic E-state index is 0.0133. The van der Waals surface area contributed by atoms with E-state index in [9.17, 15) is 9.59 Å². The van der Waals surface area contributed by atoms with Crippen LogP contribution in [0.2, 0.25) is 10.0 Å². The molecule has 1 aromatic carbocycles. The van der Waals surface area contributed by atoms with Gasteiger partial charge < -0.3 is 15.2 Å². The zero-order valence-corrected chi connectivity index (χ0v) is 18.4. The van der Waals surface area contributed by atoms with Crippen molar-refractivity contribution in [2.75, 3.05) is 5.75 Å². The van der Waals surface area contributed by atoms with E-state index in [1.807, 2.05) is 7.05 Å². The Bertz CT molecular complexity index is 883. The zero-order chi connectivity index (χ0) is 20.8. The summed E-state index contributed by atoms with van der Waals surface area (Å²) >= 11 is 13.2. The normalized spacial score (nSPS) is 14.6. The van der Waals surface area contributed by atoms with Gasteiger partial charge >= 0.3 is 0 Å². The molecule has 1 aromatic heterocycles. The highest BCUT2D eigenvalue weighted by molar-refractivity contribution is 7.99. The van der Waals surface area contributed by atoms with Gasteiger partial charge in [0.2, 0.25) is 5.91 Å². The molecule has 2 amide bonds. The Morgan fingerprint density at radius 1 is 1.17 bits per heavy atom. The summed E-state index contributed by atoms with van der Waals surface area (Å²) in [4.78, 5) is 24.4. The molecule has 2 N–H and O–H groups in total. The van der Waals surface area contributed by atoms with Gasteiger partial charge in [0.25, 0.3) is 5.91 Å². The average molecular weight is 456 g/mol. The summed E-state index contributed by atoms with van der Waals surface area (Å²) in [7, 11) is 1.81. The van der Waals surface area contributed by atoms with Crippen molar-refractivity contribution in [2.24, 2.45) is 7.05 Å². The van der Waals surface area contributed by atoms with E-state index in [2.05, 4.69) is 20.8 Å². The molecule has 1 saturated carbocycles. The Kier molecular flexibility index (Phi) is 7.80. The van der Waals surface area contributed by atoms with E-state index >= 15 is 0 Å². The van der Waals surface area contributed by atoms with Crippen molar-refractivity contribution < 1.29 is 9.59 Å². The number of benzene rings is 1. The van der Waals surface area contributed by atoms with Gasteiger partial charge in [-0.3, -0.25) is 9.59 Å². The van der Waals surface area contributed by atoms with Crippen molar-refractivity contribution in [3.05, 3.63) is 39.6 Å². The molecular weight excluding hydrogens is 433 g/mol. The molecule has 0 bridgehead atoms. The summed E-state index contributed by atoms with van der Waals surface area (Å²) < 4.78 is 1.77. The van der Waals surface area contributed by atoms with Crippen molar-refractivity contribution in [3.8, 4) is 0 Å². The van der Waals surface area contributed by atoms with E-state index in [1.54, 1.807) is 16.7 Å². The zero-order valence-electron chi connectivity index (χ0n) is 16.1. The van der Waals surface area contributed by atoms with Crippen molar-refractivity contribution >= 4 is 46.8 Å². The lowest BCUT2D eigenvalue weighted by molar-refractivity contribution is -0.119. The molecule has 0 atom stereocenters. The first-order valence-corrected chi connectivity index (χ1v) is 11.2. The maximum absolute atomic E-state index is 12.3. The molecule has 3 rings (SSSR count). The van der Waals surface area contributed by atoms with E-state index in [0.29, 0.717) is 32.6 Å². The van der Waals surface area contributed by atoms with E-state index in [0.717, 1.165) is 12.8 Å². The van der Waals surface area contributed by atoms with E-state index in [1.165, 1.54) is 37.1 Å². The van der Waals surface area contributed by atoms with Crippen LogP contribution in [0.5, 0.6) is 0 Å². The third-order valence-corrected chi connectivity index (χ3v) is 6.58. The standard InChI is InChI=1S/C19H23Cl2N5O2S/c1-26-16(10-22-18(28)12-7-8-14(20)15(21)9-12)24-25-19(26)29-11-17(27)23-13-5-3-2-4-6-13/h7-9,13H,2-6,10-11H2,1H3,(H,22,28)(H,23,27). The average Bonchev–Trinajstić information content (AvgIpc) is 3.07. The first-order valence-electron chi connectivity index (χ1n) is 9.47. The van der Waals surface area contributed by atoms with Crippen LogP contribution in [0.4, 0.5) is 0 Å². The number of nitrogens with one attached hydrogen (secondary N) is 2. The molecular formula is C19H23Cl2N5O2S. The fourth-order valence-corrected chi connectivity index (χ4v) is 4.21. The third-order valence-electron chi connectivity index (χ3n) is 4.82. The van der Waals surface area contributed by atoms with Gasteiger partial charge in [-0.15, -0.1) is 10.2 Å². The van der Waals surface area contributed by atoms with Crippen molar-refractivity contribution in [1.82, 2.24) is 25.4 Å². The van der Waals surface area contributed by atoms with E-state index < -0.39 is 0 Å². The lowest BCUT2D eigenvalue weighted by atomic mass is 9.95. The van der Waals surface area contributed by atoms with Gasteiger partial charge in [0.05, 0.1) is 22.3 Å². The van der Waals surface area contributed by atoms with Gasteiger partial charge in [-0.1, -0.05) is 54.2 Å². The van der Waals surface area contributed by atoms with Crippen LogP contribution < -0.4 is 10.6 Å². The molecule has 1 fully saturated rings. The van der Waals surface area contributed by atoms with Crippen LogP contribution in [0.25, 0.3) is 0 Å². The first-order chi connectivity index (χ1) is 13.9. The summed E-state index contributed by atoms with van der Waals surface area (Å²) in [6.45, 7) is 0.206. The number of hydrogen-bond acceptors (Lipinski definition) is 5. The van der Waals surface area contributed by atoms with Crippen molar-refractivity contribution in [1.29, 1.82) is 0 Å². The Morgan fingerprint density at radius 2 is 1.93 bits per heavy atom. The molecule has 1 aliphatic rings. The second kappa shape index (κ2) is 10.3. The molecule has 10 heteroatoms. The largest absolute Gasteiger partial charge is 0.353 e. The maximum atomic E-state index is 12.3. The lowest BCUT2D eigenvalue weighted by Crippen LogP contribution is -2.37. The SMILES string of the molecule is Cn1c(CNC(=O)c2ccc(Cl)c(Cl)c2)nnc1SCC(=O)NC1CCCCC1. The molecule has 29 heavy (non-hydrogen) atoms. The predicted octanol–water partition coefficient (Wildman–Crippen LogP) is 3.59. The number of aromatic nitrogens is 3. The van der Waals surface area contributed by atoms with Crippen molar-refractivity contribution in [2.45, 2.75) is 49.8 Å². The summed E-state index contributed by atoms with van der Waals surface area (Å²) in [5, 5.41) is 15.4.